The first-order valence-electron chi connectivity index (χ1n) is 6.51. The molecule has 21 heavy (non-hydrogen) atoms. The van der Waals surface area contributed by atoms with Crippen molar-refractivity contribution < 1.29 is 8.42 Å². The van der Waals surface area contributed by atoms with Crippen molar-refractivity contribution in [2.75, 3.05) is 11.3 Å². The lowest BCUT2D eigenvalue weighted by Crippen LogP contribution is -2.25. The Hall–Kier alpha value is -1.57. The molecule has 0 unspecified atom stereocenters. The zero-order valence-electron chi connectivity index (χ0n) is 11.4. The summed E-state index contributed by atoms with van der Waals surface area (Å²) in [4.78, 5) is 0. The van der Waals surface area contributed by atoms with Gasteiger partial charge in [-0.15, -0.1) is 0 Å². The zero-order chi connectivity index (χ0) is 15.0. The largest absolute Gasteiger partial charge is 0.312 e. The van der Waals surface area contributed by atoms with Crippen LogP contribution >= 0.6 is 11.6 Å². The summed E-state index contributed by atoms with van der Waals surface area (Å²) in [6.45, 7) is 1.58. The van der Waals surface area contributed by atoms with E-state index in [0.717, 1.165) is 30.6 Å². The van der Waals surface area contributed by atoms with Crippen LogP contribution in [-0.4, -0.2) is 24.7 Å². The monoisotopic (exact) mass is 326 g/mol. The number of nitrogens with zero attached hydrogens (tertiary/aromatic N) is 2. The number of nitrogens with one attached hydrogen (secondary N) is 2. The van der Waals surface area contributed by atoms with Crippen LogP contribution in [0.25, 0.3) is 0 Å². The Morgan fingerprint density at radius 2 is 2.24 bits per heavy atom. The van der Waals surface area contributed by atoms with Gasteiger partial charge in [0, 0.05) is 13.6 Å². The zero-order valence-corrected chi connectivity index (χ0v) is 13.0. The van der Waals surface area contributed by atoms with E-state index in [-0.39, 0.29) is 10.0 Å². The maximum Gasteiger partial charge on any atom is 0.280 e. The number of hydrogen-bond donors (Lipinski definition) is 2. The first-order chi connectivity index (χ1) is 9.99. The van der Waals surface area contributed by atoms with Gasteiger partial charge in [0.1, 0.15) is 0 Å². The summed E-state index contributed by atoms with van der Waals surface area (Å²) in [5, 5.41) is 7.21. The van der Waals surface area contributed by atoms with Gasteiger partial charge in [-0.3, -0.25) is 9.40 Å². The summed E-state index contributed by atoms with van der Waals surface area (Å²) in [6.07, 6.45) is 2.10. The van der Waals surface area contributed by atoms with E-state index in [1.807, 2.05) is 12.1 Å². The number of fused-ring (bicyclic) bond motifs is 1. The van der Waals surface area contributed by atoms with Crippen molar-refractivity contribution in [3.05, 3.63) is 40.5 Å². The van der Waals surface area contributed by atoms with Crippen LogP contribution in [0.15, 0.2) is 29.4 Å². The molecule has 3 rings (SSSR count). The molecule has 112 valence electrons. The van der Waals surface area contributed by atoms with Gasteiger partial charge in [0.15, 0.2) is 5.03 Å². The fraction of sp³-hybridized carbons (Fsp3) is 0.308. The summed E-state index contributed by atoms with van der Waals surface area (Å²) in [7, 11) is -2.22. The smallest absolute Gasteiger partial charge is 0.280 e. The van der Waals surface area contributed by atoms with Gasteiger partial charge in [-0.25, -0.2) is 0 Å². The summed E-state index contributed by atoms with van der Waals surface area (Å²) in [5.41, 5.74) is 2.74. The Morgan fingerprint density at radius 1 is 1.43 bits per heavy atom. The van der Waals surface area contributed by atoms with Gasteiger partial charge < -0.3 is 5.32 Å². The molecule has 6 nitrogen and oxygen atoms in total. The Bertz CT molecular complexity index is 766. The van der Waals surface area contributed by atoms with Crippen LogP contribution in [0, 0.1) is 0 Å². The molecule has 0 aliphatic carbocycles. The van der Waals surface area contributed by atoms with E-state index >= 15 is 0 Å². The van der Waals surface area contributed by atoms with Crippen LogP contribution in [0.2, 0.25) is 5.02 Å². The molecular formula is C13H15ClN4O2S. The number of rotatable bonds is 3. The lowest BCUT2D eigenvalue weighted by atomic mass is 9.99. The molecular weight excluding hydrogens is 312 g/mol. The van der Waals surface area contributed by atoms with E-state index in [9.17, 15) is 8.42 Å². The van der Waals surface area contributed by atoms with Crippen molar-refractivity contribution in [1.29, 1.82) is 0 Å². The van der Waals surface area contributed by atoms with E-state index in [1.165, 1.54) is 10.9 Å². The number of hydrogen-bond acceptors (Lipinski definition) is 4. The summed E-state index contributed by atoms with van der Waals surface area (Å²) in [6, 6.07) is 5.61. The number of sulfonamides is 1. The fourth-order valence-electron chi connectivity index (χ4n) is 2.52. The molecule has 8 heteroatoms. The van der Waals surface area contributed by atoms with Crippen LogP contribution < -0.4 is 10.0 Å². The highest BCUT2D eigenvalue weighted by molar-refractivity contribution is 7.92. The average Bonchev–Trinajstić information content (AvgIpc) is 2.79. The highest BCUT2D eigenvalue weighted by Gasteiger charge is 2.24. The molecule has 0 bridgehead atoms. The van der Waals surface area contributed by atoms with Crippen LogP contribution in [-0.2, 0) is 30.0 Å². The predicted molar refractivity (Wildman–Crippen MR) is 80.9 cm³/mol. The van der Waals surface area contributed by atoms with Gasteiger partial charge in [0.05, 0.1) is 16.9 Å². The third kappa shape index (κ3) is 2.64. The molecule has 2 heterocycles. The summed E-state index contributed by atoms with van der Waals surface area (Å²) < 4.78 is 28.9. The molecule has 1 aromatic heterocycles. The van der Waals surface area contributed by atoms with Crippen molar-refractivity contribution in [1.82, 2.24) is 15.1 Å². The third-order valence-corrected chi connectivity index (χ3v) is 5.35. The first kappa shape index (κ1) is 14.4. The van der Waals surface area contributed by atoms with E-state index in [4.69, 9.17) is 11.6 Å². The quantitative estimate of drug-likeness (QED) is 0.896. The molecule has 0 saturated heterocycles. The molecule has 1 aliphatic heterocycles. The number of halogens is 1. The lowest BCUT2D eigenvalue weighted by molar-refractivity contribution is 0.582. The maximum absolute atomic E-state index is 12.5. The second-order valence-corrected chi connectivity index (χ2v) is 6.90. The summed E-state index contributed by atoms with van der Waals surface area (Å²) in [5.74, 6) is 0. The van der Waals surface area contributed by atoms with Crippen molar-refractivity contribution in [3.8, 4) is 0 Å². The Labute approximate surface area is 128 Å². The molecule has 0 radical (unpaired) electrons. The Kier molecular flexibility index (Phi) is 3.64. The van der Waals surface area contributed by atoms with Gasteiger partial charge >= 0.3 is 0 Å². The third-order valence-electron chi connectivity index (χ3n) is 3.48. The molecule has 0 fully saturated rings. The van der Waals surface area contributed by atoms with Gasteiger partial charge in [-0.05, 0) is 30.2 Å². The van der Waals surface area contributed by atoms with Gasteiger partial charge in [0.25, 0.3) is 10.0 Å². The van der Waals surface area contributed by atoms with Crippen LogP contribution in [0.5, 0.6) is 0 Å². The Balaban J connectivity index is 2.01. The molecule has 1 aliphatic rings. The minimum absolute atomic E-state index is 0.0318. The fourth-order valence-corrected chi connectivity index (χ4v) is 4.27. The van der Waals surface area contributed by atoms with Gasteiger partial charge in [0.2, 0.25) is 0 Å². The number of aryl methyl sites for hydroxylation is 1. The number of anilines is 1. The van der Waals surface area contributed by atoms with Crippen molar-refractivity contribution in [2.24, 2.45) is 7.05 Å². The van der Waals surface area contributed by atoms with E-state index < -0.39 is 10.0 Å². The molecule has 2 aromatic rings. The molecule has 0 spiro atoms. The standard InChI is InChI=1S/C13H15ClN4O2S/c1-18-13(11(14)8-16-18)21(19,20)17-12-4-2-3-9-7-15-6-5-10(9)12/h2-4,8,15,17H,5-7H2,1H3. The van der Waals surface area contributed by atoms with Crippen molar-refractivity contribution in [2.45, 2.75) is 18.0 Å². The van der Waals surface area contributed by atoms with Gasteiger partial charge in [-0.1, -0.05) is 23.7 Å². The molecule has 0 saturated carbocycles. The number of benzene rings is 1. The Morgan fingerprint density at radius 3 is 2.95 bits per heavy atom. The number of aromatic nitrogens is 2. The molecule has 2 N–H and O–H groups in total. The molecule has 1 aromatic carbocycles. The molecule has 0 amide bonds. The van der Waals surface area contributed by atoms with E-state index in [2.05, 4.69) is 15.1 Å². The lowest BCUT2D eigenvalue weighted by Gasteiger charge is -2.21. The summed E-state index contributed by atoms with van der Waals surface area (Å²) >= 11 is 5.93. The predicted octanol–water partition coefficient (Wildman–Crippen LogP) is 1.52. The van der Waals surface area contributed by atoms with Gasteiger partial charge in [-0.2, -0.15) is 13.5 Å². The normalized spacial score (nSPS) is 14.8. The van der Waals surface area contributed by atoms with Crippen LogP contribution in [0.1, 0.15) is 11.1 Å². The highest BCUT2D eigenvalue weighted by atomic mass is 35.5. The maximum atomic E-state index is 12.5. The van der Waals surface area contributed by atoms with Crippen molar-refractivity contribution in [3.63, 3.8) is 0 Å². The topological polar surface area (TPSA) is 76.0 Å². The first-order valence-corrected chi connectivity index (χ1v) is 8.37. The van der Waals surface area contributed by atoms with Crippen LogP contribution in [0.3, 0.4) is 0 Å². The SMILES string of the molecule is Cn1ncc(Cl)c1S(=O)(=O)Nc1cccc2c1CCNC2. The highest BCUT2D eigenvalue weighted by Crippen LogP contribution is 2.27. The minimum atomic E-state index is -3.77. The molecule has 0 atom stereocenters. The second kappa shape index (κ2) is 5.32. The van der Waals surface area contributed by atoms with Crippen LogP contribution in [0.4, 0.5) is 5.69 Å². The van der Waals surface area contributed by atoms with E-state index in [1.54, 1.807) is 13.1 Å². The van der Waals surface area contributed by atoms with E-state index in [0.29, 0.717) is 5.69 Å². The second-order valence-electron chi connectivity index (χ2n) is 4.90. The minimum Gasteiger partial charge on any atom is -0.312 e. The van der Waals surface area contributed by atoms with Crippen molar-refractivity contribution >= 4 is 27.3 Å². The average molecular weight is 327 g/mol.